The molecule has 2 rings (SSSR count). The van der Waals surface area contributed by atoms with Crippen LogP contribution < -0.4 is 16.0 Å². The van der Waals surface area contributed by atoms with Crippen molar-refractivity contribution < 1.29 is 18.3 Å². The molecule has 0 spiro atoms. The first kappa shape index (κ1) is 16.0. The monoisotopic (exact) mass is 321 g/mol. The highest BCUT2D eigenvalue weighted by atomic mass is 32.2. The number of phenols is 1. The van der Waals surface area contributed by atoms with Gasteiger partial charge in [0.05, 0.1) is 10.5 Å². The minimum Gasteiger partial charge on any atom is -0.507 e. The van der Waals surface area contributed by atoms with Gasteiger partial charge in [0.15, 0.2) is 0 Å². The molecular weight excluding hydrogens is 306 g/mol. The maximum absolute atomic E-state index is 12.2. The number of carbonyl (C=O) groups excluding carboxylic acids is 1. The van der Waals surface area contributed by atoms with E-state index in [9.17, 15) is 18.3 Å². The number of hydrazine groups is 1. The van der Waals surface area contributed by atoms with Crippen LogP contribution in [0.1, 0.15) is 15.9 Å². The molecule has 116 valence electrons. The van der Waals surface area contributed by atoms with Gasteiger partial charge in [-0.1, -0.05) is 30.3 Å². The van der Waals surface area contributed by atoms with E-state index in [1.165, 1.54) is 6.07 Å². The van der Waals surface area contributed by atoms with Crippen molar-refractivity contribution in [3.8, 4) is 5.75 Å². The molecule has 0 aliphatic rings. The molecule has 0 aromatic heterocycles. The minimum atomic E-state index is -3.82. The van der Waals surface area contributed by atoms with E-state index in [1.807, 2.05) is 11.5 Å². The summed E-state index contributed by atoms with van der Waals surface area (Å²) in [6.07, 6.45) is 0. The van der Waals surface area contributed by atoms with E-state index >= 15 is 0 Å². The van der Waals surface area contributed by atoms with E-state index in [1.54, 1.807) is 24.3 Å². The summed E-state index contributed by atoms with van der Waals surface area (Å²) in [4.78, 5) is 11.3. The van der Waals surface area contributed by atoms with Crippen molar-refractivity contribution in [2.45, 2.75) is 11.4 Å². The number of nitrogen functional groups attached to an aromatic ring is 1. The lowest BCUT2D eigenvalue weighted by atomic mass is 10.2. The van der Waals surface area contributed by atoms with Gasteiger partial charge in [-0.05, 0) is 23.8 Å². The number of amides is 1. The number of hydrogen-bond donors (Lipinski definition) is 4. The molecule has 1 amide bonds. The summed E-state index contributed by atoms with van der Waals surface area (Å²) in [5, 5.41) is 9.58. The Balaban J connectivity index is 2.24. The number of phenolic OH excluding ortho intramolecular Hbond substituents is 1. The van der Waals surface area contributed by atoms with Crippen LogP contribution in [0.4, 0.5) is 0 Å². The third kappa shape index (κ3) is 3.61. The Labute approximate surface area is 127 Å². The average molecular weight is 321 g/mol. The highest BCUT2D eigenvalue weighted by molar-refractivity contribution is 7.89. The second kappa shape index (κ2) is 6.56. The van der Waals surface area contributed by atoms with Crippen LogP contribution in [0.15, 0.2) is 53.4 Å². The number of aromatic hydroxyl groups is 1. The molecule has 0 saturated heterocycles. The van der Waals surface area contributed by atoms with Crippen LogP contribution in [0.5, 0.6) is 5.75 Å². The second-order valence-corrected chi connectivity index (χ2v) is 6.23. The lowest BCUT2D eigenvalue weighted by Crippen LogP contribution is -2.30. The molecule has 0 saturated carbocycles. The number of nitrogens with one attached hydrogen (secondary N) is 2. The van der Waals surface area contributed by atoms with Gasteiger partial charge in [-0.15, -0.1) is 0 Å². The van der Waals surface area contributed by atoms with Gasteiger partial charge in [-0.2, -0.15) is 0 Å². The van der Waals surface area contributed by atoms with Gasteiger partial charge in [0.1, 0.15) is 5.75 Å². The normalized spacial score (nSPS) is 11.1. The van der Waals surface area contributed by atoms with Crippen LogP contribution in [-0.2, 0) is 16.6 Å². The Kier molecular flexibility index (Phi) is 4.76. The Bertz CT molecular complexity index is 776. The topological polar surface area (TPSA) is 122 Å². The lowest BCUT2D eigenvalue weighted by Gasteiger charge is -2.09. The van der Waals surface area contributed by atoms with E-state index in [0.717, 1.165) is 17.7 Å². The summed E-state index contributed by atoms with van der Waals surface area (Å²) in [6.45, 7) is 0.114. The zero-order valence-corrected chi connectivity index (χ0v) is 12.3. The van der Waals surface area contributed by atoms with Crippen molar-refractivity contribution in [1.82, 2.24) is 10.1 Å². The van der Waals surface area contributed by atoms with Gasteiger partial charge in [0, 0.05) is 6.54 Å². The van der Waals surface area contributed by atoms with Crippen LogP contribution in [0.25, 0.3) is 0 Å². The number of rotatable bonds is 5. The second-order valence-electron chi connectivity index (χ2n) is 4.46. The summed E-state index contributed by atoms with van der Waals surface area (Å²) in [6, 6.07) is 12.4. The molecule has 0 aliphatic carbocycles. The Hall–Kier alpha value is -2.42. The van der Waals surface area contributed by atoms with E-state index in [4.69, 9.17) is 5.84 Å². The first-order chi connectivity index (χ1) is 10.4. The summed E-state index contributed by atoms with van der Waals surface area (Å²) >= 11 is 0. The number of hydrogen-bond acceptors (Lipinski definition) is 5. The van der Waals surface area contributed by atoms with E-state index in [0.29, 0.717) is 0 Å². The summed E-state index contributed by atoms with van der Waals surface area (Å²) < 4.78 is 26.9. The fraction of sp³-hybridized carbons (Fsp3) is 0.0714. The van der Waals surface area contributed by atoms with Gasteiger partial charge in [-0.25, -0.2) is 19.0 Å². The summed E-state index contributed by atoms with van der Waals surface area (Å²) in [7, 11) is -3.82. The molecule has 2 aromatic carbocycles. The highest BCUT2D eigenvalue weighted by Crippen LogP contribution is 2.21. The molecule has 22 heavy (non-hydrogen) atoms. The quantitative estimate of drug-likeness (QED) is 0.362. The van der Waals surface area contributed by atoms with Crippen molar-refractivity contribution >= 4 is 15.9 Å². The molecule has 0 bridgehead atoms. The largest absolute Gasteiger partial charge is 0.507 e. The molecule has 0 aliphatic heterocycles. The van der Waals surface area contributed by atoms with E-state index < -0.39 is 15.9 Å². The number of benzene rings is 2. The van der Waals surface area contributed by atoms with Crippen LogP contribution >= 0.6 is 0 Å². The minimum absolute atomic E-state index is 0.114. The van der Waals surface area contributed by atoms with Gasteiger partial charge in [-0.3, -0.25) is 10.2 Å². The fourth-order valence-electron chi connectivity index (χ4n) is 1.80. The third-order valence-electron chi connectivity index (χ3n) is 2.96. The van der Waals surface area contributed by atoms with Crippen LogP contribution in [0.3, 0.4) is 0 Å². The molecule has 0 fully saturated rings. The van der Waals surface area contributed by atoms with Gasteiger partial charge in [0.2, 0.25) is 10.0 Å². The molecule has 2 aromatic rings. The zero-order chi connectivity index (χ0) is 16.2. The highest BCUT2D eigenvalue weighted by Gasteiger charge is 2.18. The Morgan fingerprint density at radius 2 is 1.82 bits per heavy atom. The predicted octanol–water partition coefficient (Wildman–Crippen LogP) is 0.474. The average Bonchev–Trinajstić information content (AvgIpc) is 2.53. The maximum atomic E-state index is 12.2. The summed E-state index contributed by atoms with van der Waals surface area (Å²) in [5.74, 6) is 3.85. The molecule has 8 heteroatoms. The van der Waals surface area contributed by atoms with Crippen molar-refractivity contribution in [3.63, 3.8) is 0 Å². The number of carbonyl (C=O) groups is 1. The SMILES string of the molecule is NNC(=O)c1cc(S(=O)(=O)NCc2ccccc2)ccc1O. The van der Waals surface area contributed by atoms with E-state index in [-0.39, 0.29) is 22.8 Å². The zero-order valence-electron chi connectivity index (χ0n) is 11.5. The lowest BCUT2D eigenvalue weighted by molar-refractivity contribution is 0.0950. The van der Waals surface area contributed by atoms with Gasteiger partial charge >= 0.3 is 0 Å². The van der Waals surface area contributed by atoms with Crippen LogP contribution in [0, 0.1) is 0 Å². The van der Waals surface area contributed by atoms with Crippen molar-refractivity contribution in [2.75, 3.05) is 0 Å². The van der Waals surface area contributed by atoms with Crippen molar-refractivity contribution in [3.05, 3.63) is 59.7 Å². The molecule has 5 N–H and O–H groups in total. The predicted molar refractivity (Wildman–Crippen MR) is 80.2 cm³/mol. The first-order valence-electron chi connectivity index (χ1n) is 6.31. The maximum Gasteiger partial charge on any atom is 0.268 e. The first-order valence-corrected chi connectivity index (χ1v) is 7.80. The van der Waals surface area contributed by atoms with Crippen molar-refractivity contribution in [2.24, 2.45) is 5.84 Å². The standard InChI is InChI=1S/C14H15N3O4S/c15-17-14(19)12-8-11(6-7-13(12)18)22(20,21)16-9-10-4-2-1-3-5-10/h1-8,16,18H,9,15H2,(H,17,19). The van der Waals surface area contributed by atoms with Crippen LogP contribution in [0.2, 0.25) is 0 Å². The fourth-order valence-corrected chi connectivity index (χ4v) is 2.84. The smallest absolute Gasteiger partial charge is 0.268 e. The molecule has 0 radical (unpaired) electrons. The molecule has 0 atom stereocenters. The van der Waals surface area contributed by atoms with Gasteiger partial charge < -0.3 is 5.11 Å². The Morgan fingerprint density at radius 1 is 1.14 bits per heavy atom. The molecular formula is C14H15N3O4S. The molecule has 7 nitrogen and oxygen atoms in total. The van der Waals surface area contributed by atoms with Crippen LogP contribution in [-0.4, -0.2) is 19.4 Å². The van der Waals surface area contributed by atoms with E-state index in [2.05, 4.69) is 4.72 Å². The number of nitrogens with two attached hydrogens (primary N) is 1. The molecule has 0 heterocycles. The Morgan fingerprint density at radius 3 is 2.45 bits per heavy atom. The number of sulfonamides is 1. The molecule has 0 unspecified atom stereocenters. The third-order valence-corrected chi connectivity index (χ3v) is 4.36. The van der Waals surface area contributed by atoms with Crippen molar-refractivity contribution in [1.29, 1.82) is 0 Å². The van der Waals surface area contributed by atoms with Gasteiger partial charge in [0.25, 0.3) is 5.91 Å². The summed E-state index contributed by atoms with van der Waals surface area (Å²) in [5.41, 5.74) is 2.42.